The molecule has 31 heavy (non-hydrogen) atoms. The van der Waals surface area contributed by atoms with Gasteiger partial charge in [0.15, 0.2) is 5.13 Å². The summed E-state index contributed by atoms with van der Waals surface area (Å²) in [6.07, 6.45) is 6.09. The smallest absolute Gasteiger partial charge is 0.215 e. The van der Waals surface area contributed by atoms with Gasteiger partial charge in [-0.05, 0) is 50.6 Å². The first-order valence-electron chi connectivity index (χ1n) is 10.5. The first-order chi connectivity index (χ1) is 14.9. The standard InChI is InChI=1S/C23H25N7S/c1-14-8-17(6-7-28(14)3)30(5)23-26-20-12-25-18(11-21(20)31-23)15-9-16-13-29(4)27-22(16)19(10-15)24-2/h9-14,17H,6-8H2,1,3-5H3. The Kier molecular flexibility index (Phi) is 4.88. The summed E-state index contributed by atoms with van der Waals surface area (Å²) in [5.74, 6) is 0. The molecular weight excluding hydrogens is 406 g/mol. The minimum atomic E-state index is 0.508. The van der Waals surface area contributed by atoms with Crippen LogP contribution in [0.4, 0.5) is 10.8 Å². The fraction of sp³-hybridized carbons (Fsp3) is 0.391. The van der Waals surface area contributed by atoms with Crippen molar-refractivity contribution in [3.05, 3.63) is 42.0 Å². The third-order valence-corrected chi connectivity index (χ3v) is 7.52. The number of aromatic nitrogens is 4. The lowest BCUT2D eigenvalue weighted by molar-refractivity contribution is 0.181. The lowest BCUT2D eigenvalue weighted by atomic mass is 9.98. The minimum absolute atomic E-state index is 0.508. The first-order valence-corrected chi connectivity index (χ1v) is 11.3. The summed E-state index contributed by atoms with van der Waals surface area (Å²) in [5.41, 5.74) is 3.99. The summed E-state index contributed by atoms with van der Waals surface area (Å²) >= 11 is 1.71. The molecule has 1 fully saturated rings. The third kappa shape index (κ3) is 3.54. The monoisotopic (exact) mass is 431 g/mol. The summed E-state index contributed by atoms with van der Waals surface area (Å²) < 4.78 is 2.86. The van der Waals surface area contributed by atoms with Gasteiger partial charge < -0.3 is 9.80 Å². The summed E-state index contributed by atoms with van der Waals surface area (Å²) in [4.78, 5) is 18.0. The fourth-order valence-corrected chi connectivity index (χ4v) is 5.38. The van der Waals surface area contributed by atoms with E-state index < -0.39 is 0 Å². The van der Waals surface area contributed by atoms with Crippen LogP contribution >= 0.6 is 11.3 Å². The number of rotatable bonds is 3. The molecule has 3 aromatic heterocycles. The SMILES string of the molecule is [C-]#[N+]c1cc(-c2cc3sc(N(C)C4CCN(C)C(C)C4)nc3cn2)cc2cn(C)nc12. The van der Waals surface area contributed by atoms with Gasteiger partial charge >= 0.3 is 0 Å². The number of anilines is 1. The maximum absolute atomic E-state index is 7.54. The second kappa shape index (κ2) is 7.59. The maximum Gasteiger partial charge on any atom is 0.215 e. The normalized spacial score (nSPS) is 19.7. The van der Waals surface area contributed by atoms with Gasteiger partial charge in [-0.3, -0.25) is 9.67 Å². The van der Waals surface area contributed by atoms with E-state index in [0.717, 1.165) is 56.9 Å². The van der Waals surface area contributed by atoms with Gasteiger partial charge in [0.2, 0.25) is 5.69 Å². The van der Waals surface area contributed by atoms with Crippen LogP contribution in [0.25, 0.3) is 37.2 Å². The molecule has 1 aliphatic rings. The molecule has 2 atom stereocenters. The van der Waals surface area contributed by atoms with Crippen molar-refractivity contribution in [2.24, 2.45) is 7.05 Å². The number of hydrogen-bond acceptors (Lipinski definition) is 6. The van der Waals surface area contributed by atoms with E-state index in [-0.39, 0.29) is 0 Å². The summed E-state index contributed by atoms with van der Waals surface area (Å²) in [5, 5.41) is 6.41. The van der Waals surface area contributed by atoms with Gasteiger partial charge in [-0.2, -0.15) is 5.10 Å². The van der Waals surface area contributed by atoms with E-state index in [1.807, 2.05) is 25.5 Å². The highest BCUT2D eigenvalue weighted by Gasteiger charge is 2.27. The number of hydrogen-bond donors (Lipinski definition) is 0. The number of aryl methyl sites for hydroxylation is 1. The Bertz CT molecular complexity index is 1310. The molecule has 2 unspecified atom stereocenters. The zero-order valence-corrected chi connectivity index (χ0v) is 19.0. The number of fused-ring (bicyclic) bond motifs is 2. The molecular formula is C23H25N7S. The van der Waals surface area contributed by atoms with Crippen LogP contribution in [0.2, 0.25) is 0 Å². The highest BCUT2D eigenvalue weighted by Crippen LogP contribution is 2.35. The van der Waals surface area contributed by atoms with Crippen molar-refractivity contribution in [1.82, 2.24) is 24.6 Å². The Balaban J connectivity index is 1.49. The first kappa shape index (κ1) is 19.9. The molecule has 4 aromatic rings. The van der Waals surface area contributed by atoms with Crippen LogP contribution in [-0.2, 0) is 7.05 Å². The van der Waals surface area contributed by atoms with E-state index in [4.69, 9.17) is 11.6 Å². The molecule has 7 nitrogen and oxygen atoms in total. The molecule has 0 radical (unpaired) electrons. The lowest BCUT2D eigenvalue weighted by Crippen LogP contribution is -2.46. The summed E-state index contributed by atoms with van der Waals surface area (Å²) in [7, 11) is 6.24. The van der Waals surface area contributed by atoms with Crippen LogP contribution in [0.3, 0.4) is 0 Å². The molecule has 1 aromatic carbocycles. The van der Waals surface area contributed by atoms with E-state index in [9.17, 15) is 0 Å². The largest absolute Gasteiger partial charge is 0.348 e. The number of nitrogens with zero attached hydrogens (tertiary/aromatic N) is 7. The van der Waals surface area contributed by atoms with Crippen molar-refractivity contribution < 1.29 is 0 Å². The zero-order valence-electron chi connectivity index (χ0n) is 18.2. The van der Waals surface area contributed by atoms with Gasteiger partial charge in [-0.1, -0.05) is 11.3 Å². The number of pyridine rings is 1. The molecule has 158 valence electrons. The molecule has 1 saturated heterocycles. The van der Waals surface area contributed by atoms with E-state index in [0.29, 0.717) is 17.8 Å². The Morgan fingerprint density at radius 3 is 2.87 bits per heavy atom. The second-order valence-corrected chi connectivity index (χ2v) is 9.51. The summed E-state index contributed by atoms with van der Waals surface area (Å²) in [6.45, 7) is 11.0. The van der Waals surface area contributed by atoms with Gasteiger partial charge in [0.1, 0.15) is 5.52 Å². The van der Waals surface area contributed by atoms with Crippen LogP contribution in [0, 0.1) is 6.57 Å². The lowest BCUT2D eigenvalue weighted by Gasteiger charge is -2.39. The Morgan fingerprint density at radius 2 is 2.10 bits per heavy atom. The summed E-state index contributed by atoms with van der Waals surface area (Å²) in [6, 6.07) is 7.12. The molecule has 1 aliphatic heterocycles. The molecule has 5 rings (SSSR count). The van der Waals surface area contributed by atoms with Crippen LogP contribution < -0.4 is 4.90 Å². The van der Waals surface area contributed by atoms with Gasteiger partial charge in [-0.15, -0.1) is 0 Å². The van der Waals surface area contributed by atoms with Crippen molar-refractivity contribution >= 4 is 43.3 Å². The highest BCUT2D eigenvalue weighted by molar-refractivity contribution is 7.22. The van der Waals surface area contributed by atoms with Crippen LogP contribution in [0.15, 0.2) is 30.6 Å². The second-order valence-electron chi connectivity index (χ2n) is 8.50. The Morgan fingerprint density at radius 1 is 1.26 bits per heavy atom. The maximum atomic E-state index is 7.54. The number of piperidine rings is 1. The third-order valence-electron chi connectivity index (χ3n) is 6.41. The Labute approximate surface area is 185 Å². The molecule has 0 spiro atoms. The minimum Gasteiger partial charge on any atom is -0.348 e. The van der Waals surface area contributed by atoms with Crippen molar-refractivity contribution in [2.75, 3.05) is 25.5 Å². The van der Waals surface area contributed by atoms with Gasteiger partial charge in [0.25, 0.3) is 0 Å². The van der Waals surface area contributed by atoms with E-state index >= 15 is 0 Å². The zero-order chi connectivity index (χ0) is 21.7. The molecule has 8 heteroatoms. The molecule has 0 aliphatic carbocycles. The van der Waals surface area contributed by atoms with Gasteiger partial charge in [0, 0.05) is 44.3 Å². The predicted octanol–water partition coefficient (Wildman–Crippen LogP) is 4.71. The van der Waals surface area contributed by atoms with E-state index in [2.05, 4.69) is 57.9 Å². The predicted molar refractivity (Wildman–Crippen MR) is 127 cm³/mol. The fourth-order valence-electron chi connectivity index (χ4n) is 4.37. The average Bonchev–Trinajstić information content (AvgIpc) is 3.36. The van der Waals surface area contributed by atoms with Gasteiger partial charge in [-0.25, -0.2) is 9.83 Å². The number of benzene rings is 1. The molecule has 0 amide bonds. The average molecular weight is 432 g/mol. The van der Waals surface area contributed by atoms with Crippen molar-refractivity contribution in [1.29, 1.82) is 0 Å². The Hall–Kier alpha value is -3.02. The van der Waals surface area contributed by atoms with Crippen molar-refractivity contribution in [3.8, 4) is 11.3 Å². The van der Waals surface area contributed by atoms with Crippen LogP contribution in [0.5, 0.6) is 0 Å². The number of thiazole rings is 1. The van der Waals surface area contributed by atoms with Crippen LogP contribution in [0.1, 0.15) is 19.8 Å². The van der Waals surface area contributed by atoms with Crippen LogP contribution in [-0.4, -0.2) is 57.4 Å². The molecule has 0 saturated carbocycles. The molecule has 4 heterocycles. The molecule has 0 N–H and O–H groups in total. The van der Waals surface area contributed by atoms with Crippen molar-refractivity contribution in [2.45, 2.75) is 31.8 Å². The number of likely N-dealkylation sites (tertiary alicyclic amines) is 1. The van der Waals surface area contributed by atoms with Gasteiger partial charge in [0.05, 0.1) is 28.7 Å². The van der Waals surface area contributed by atoms with E-state index in [1.54, 1.807) is 16.0 Å². The quantitative estimate of drug-likeness (QED) is 0.440. The topological polar surface area (TPSA) is 54.4 Å². The highest BCUT2D eigenvalue weighted by atomic mass is 32.1. The van der Waals surface area contributed by atoms with E-state index in [1.165, 1.54) is 0 Å². The molecule has 0 bridgehead atoms. The van der Waals surface area contributed by atoms with Crippen molar-refractivity contribution in [3.63, 3.8) is 0 Å².